The van der Waals surface area contributed by atoms with Crippen LogP contribution >= 0.6 is 11.8 Å². The Labute approximate surface area is 247 Å². The largest absolute Gasteiger partial charge is 0.508 e. The number of amides is 3. The lowest BCUT2D eigenvalue weighted by Crippen LogP contribution is -2.58. The summed E-state index contributed by atoms with van der Waals surface area (Å²) in [6.07, 6.45) is 5.27. The third-order valence-electron chi connectivity index (χ3n) is 6.48. The van der Waals surface area contributed by atoms with E-state index >= 15 is 0 Å². The lowest BCUT2D eigenvalue weighted by Gasteiger charge is -2.25. The van der Waals surface area contributed by atoms with Gasteiger partial charge in [-0.1, -0.05) is 42.5 Å². The molecular formula is C29H36N6O6S. The van der Waals surface area contributed by atoms with Gasteiger partial charge in [0, 0.05) is 24.7 Å². The molecule has 42 heavy (non-hydrogen) atoms. The molecule has 3 aromatic rings. The van der Waals surface area contributed by atoms with Crippen molar-refractivity contribution in [2.75, 3.05) is 12.0 Å². The fourth-order valence-electron chi connectivity index (χ4n) is 4.18. The fourth-order valence-corrected chi connectivity index (χ4v) is 4.65. The molecule has 0 aliphatic carbocycles. The average Bonchev–Trinajstić information content (AvgIpc) is 3.49. The number of aromatic nitrogens is 2. The number of benzene rings is 2. The molecule has 4 atom stereocenters. The predicted octanol–water partition coefficient (Wildman–Crippen LogP) is 0.763. The van der Waals surface area contributed by atoms with E-state index in [9.17, 15) is 29.4 Å². The van der Waals surface area contributed by atoms with Gasteiger partial charge in [0.2, 0.25) is 17.7 Å². The molecule has 1 aromatic heterocycles. The fraction of sp³-hybridized carbons (Fsp3) is 0.345. The zero-order valence-corrected chi connectivity index (χ0v) is 24.0. The predicted molar refractivity (Wildman–Crippen MR) is 159 cm³/mol. The Kier molecular flexibility index (Phi) is 12.4. The first-order chi connectivity index (χ1) is 20.2. The number of hydrogen-bond donors (Lipinski definition) is 7. The summed E-state index contributed by atoms with van der Waals surface area (Å²) in [4.78, 5) is 58.4. The highest BCUT2D eigenvalue weighted by molar-refractivity contribution is 7.98. The van der Waals surface area contributed by atoms with Crippen molar-refractivity contribution in [3.8, 4) is 5.75 Å². The normalized spacial score (nSPS) is 13.8. The molecule has 3 rings (SSSR count). The number of carbonyl (C=O) groups is 4. The number of nitrogens with one attached hydrogen (secondary N) is 4. The molecule has 0 spiro atoms. The summed E-state index contributed by atoms with van der Waals surface area (Å²) >= 11 is 1.47. The Balaban J connectivity index is 1.74. The zero-order chi connectivity index (χ0) is 30.5. The number of carboxylic acid groups (broad SMARTS) is 1. The van der Waals surface area contributed by atoms with Crippen LogP contribution in [0.3, 0.4) is 0 Å². The summed E-state index contributed by atoms with van der Waals surface area (Å²) in [5.74, 6) is -2.44. The molecular weight excluding hydrogens is 560 g/mol. The van der Waals surface area contributed by atoms with E-state index in [1.54, 1.807) is 12.1 Å². The smallest absolute Gasteiger partial charge is 0.326 e. The van der Waals surface area contributed by atoms with E-state index in [-0.39, 0.29) is 31.4 Å². The first kappa shape index (κ1) is 32.2. The molecule has 0 saturated carbocycles. The number of carboxylic acids is 1. The maximum Gasteiger partial charge on any atom is 0.326 e. The monoisotopic (exact) mass is 596 g/mol. The SMILES string of the molecule is CSCCC(NC(=O)C(Cc1ccccc1)NC(=O)C(N)Cc1ccc(O)cc1)C(=O)NC(Cc1cnc[nH]1)C(=O)O. The number of aliphatic carboxylic acids is 1. The number of aromatic hydroxyl groups is 1. The first-order valence-corrected chi connectivity index (χ1v) is 14.7. The van der Waals surface area contributed by atoms with E-state index in [1.165, 1.54) is 36.4 Å². The molecule has 0 bridgehead atoms. The number of phenolic OH excluding ortho intramolecular Hbond substituents is 1. The topological polar surface area (TPSA) is 200 Å². The molecule has 0 radical (unpaired) electrons. The van der Waals surface area contributed by atoms with Crippen LogP contribution in [0.15, 0.2) is 67.1 Å². The van der Waals surface area contributed by atoms with E-state index < -0.39 is 47.9 Å². The van der Waals surface area contributed by atoms with Crippen molar-refractivity contribution in [3.05, 3.63) is 83.9 Å². The molecule has 2 aromatic carbocycles. The van der Waals surface area contributed by atoms with Crippen LogP contribution in [-0.2, 0) is 38.4 Å². The number of imidazole rings is 1. The lowest BCUT2D eigenvalue weighted by molar-refractivity contribution is -0.142. The van der Waals surface area contributed by atoms with Crippen molar-refractivity contribution in [3.63, 3.8) is 0 Å². The van der Waals surface area contributed by atoms with Gasteiger partial charge in [-0.3, -0.25) is 14.4 Å². The van der Waals surface area contributed by atoms with Crippen molar-refractivity contribution in [2.45, 2.75) is 49.9 Å². The van der Waals surface area contributed by atoms with Crippen molar-refractivity contribution in [2.24, 2.45) is 5.73 Å². The summed E-state index contributed by atoms with van der Waals surface area (Å²) in [5.41, 5.74) is 8.19. The molecule has 0 fully saturated rings. The number of aromatic amines is 1. The number of phenols is 1. The Morgan fingerprint density at radius 2 is 1.48 bits per heavy atom. The minimum atomic E-state index is -1.25. The Morgan fingerprint density at radius 1 is 0.857 bits per heavy atom. The van der Waals surface area contributed by atoms with Gasteiger partial charge in [0.15, 0.2) is 0 Å². The summed E-state index contributed by atoms with van der Waals surface area (Å²) in [6.45, 7) is 0. The minimum absolute atomic E-state index is 0.0180. The molecule has 8 N–H and O–H groups in total. The molecule has 13 heteroatoms. The molecule has 0 saturated heterocycles. The standard InChI is InChI=1S/C29H36N6O6S/c1-42-12-11-23(27(38)35-25(29(40)41)15-20-16-31-17-32-20)33-28(39)24(14-18-5-3-2-4-6-18)34-26(37)22(30)13-19-7-9-21(36)10-8-19/h2-10,16-17,22-25,36H,11-15,30H2,1H3,(H,31,32)(H,33,39)(H,34,37)(H,35,38)(H,40,41). The van der Waals surface area contributed by atoms with Crippen LogP contribution in [0.25, 0.3) is 0 Å². The Bertz CT molecular complexity index is 1310. The number of rotatable bonds is 16. The quantitative estimate of drug-likeness (QED) is 0.125. The number of hydrogen-bond acceptors (Lipinski definition) is 8. The number of H-pyrrole nitrogens is 1. The third-order valence-corrected chi connectivity index (χ3v) is 7.13. The van der Waals surface area contributed by atoms with Gasteiger partial charge in [-0.15, -0.1) is 0 Å². The van der Waals surface area contributed by atoms with E-state index in [2.05, 4.69) is 25.9 Å². The Hall–Kier alpha value is -4.36. The van der Waals surface area contributed by atoms with Crippen LogP contribution in [0.2, 0.25) is 0 Å². The summed E-state index contributed by atoms with van der Waals surface area (Å²) < 4.78 is 0. The molecule has 3 amide bonds. The van der Waals surface area contributed by atoms with E-state index in [0.717, 1.165) is 11.1 Å². The summed E-state index contributed by atoms with van der Waals surface area (Å²) in [6, 6.07) is 11.0. The first-order valence-electron chi connectivity index (χ1n) is 13.3. The second-order valence-electron chi connectivity index (χ2n) is 9.75. The van der Waals surface area contributed by atoms with Crippen LogP contribution in [0.4, 0.5) is 0 Å². The minimum Gasteiger partial charge on any atom is -0.508 e. The van der Waals surface area contributed by atoms with Gasteiger partial charge >= 0.3 is 5.97 Å². The van der Waals surface area contributed by atoms with Gasteiger partial charge in [0.05, 0.1) is 12.4 Å². The second kappa shape index (κ2) is 16.2. The highest BCUT2D eigenvalue weighted by Gasteiger charge is 2.30. The van der Waals surface area contributed by atoms with Gasteiger partial charge in [0.1, 0.15) is 23.9 Å². The molecule has 4 unspecified atom stereocenters. The maximum atomic E-state index is 13.5. The molecule has 0 aliphatic rings. The van der Waals surface area contributed by atoms with Crippen LogP contribution < -0.4 is 21.7 Å². The van der Waals surface area contributed by atoms with Crippen molar-refractivity contribution >= 4 is 35.5 Å². The van der Waals surface area contributed by atoms with E-state index in [4.69, 9.17) is 5.73 Å². The van der Waals surface area contributed by atoms with Gasteiger partial charge in [-0.2, -0.15) is 11.8 Å². The van der Waals surface area contributed by atoms with Crippen molar-refractivity contribution < 1.29 is 29.4 Å². The van der Waals surface area contributed by atoms with Crippen LogP contribution in [0.5, 0.6) is 5.75 Å². The van der Waals surface area contributed by atoms with Crippen molar-refractivity contribution in [1.29, 1.82) is 0 Å². The number of nitrogens with zero attached hydrogens (tertiary/aromatic N) is 1. The Morgan fingerprint density at radius 3 is 2.10 bits per heavy atom. The highest BCUT2D eigenvalue weighted by Crippen LogP contribution is 2.12. The maximum absolute atomic E-state index is 13.5. The van der Waals surface area contributed by atoms with Gasteiger partial charge in [-0.25, -0.2) is 9.78 Å². The molecule has 1 heterocycles. The van der Waals surface area contributed by atoms with Gasteiger partial charge < -0.3 is 36.9 Å². The summed E-state index contributed by atoms with van der Waals surface area (Å²) in [7, 11) is 0. The van der Waals surface area contributed by atoms with E-state index in [0.29, 0.717) is 11.4 Å². The lowest BCUT2D eigenvalue weighted by atomic mass is 10.0. The van der Waals surface area contributed by atoms with E-state index in [1.807, 2.05) is 36.6 Å². The number of carbonyl (C=O) groups excluding carboxylic acids is 3. The number of nitrogens with two attached hydrogens (primary N) is 1. The molecule has 12 nitrogen and oxygen atoms in total. The van der Waals surface area contributed by atoms with Crippen molar-refractivity contribution in [1.82, 2.24) is 25.9 Å². The second-order valence-corrected chi connectivity index (χ2v) is 10.7. The number of thioether (sulfide) groups is 1. The zero-order valence-electron chi connectivity index (χ0n) is 23.2. The van der Waals surface area contributed by atoms with Crippen LogP contribution in [-0.4, -0.2) is 80.0 Å². The third kappa shape index (κ3) is 10.2. The molecule has 0 aliphatic heterocycles. The van der Waals surface area contributed by atoms with Gasteiger partial charge in [0.25, 0.3) is 0 Å². The van der Waals surface area contributed by atoms with Crippen LogP contribution in [0.1, 0.15) is 23.2 Å². The van der Waals surface area contributed by atoms with Crippen LogP contribution in [0, 0.1) is 0 Å². The van der Waals surface area contributed by atoms with Gasteiger partial charge in [-0.05, 0) is 48.1 Å². The molecule has 224 valence electrons. The summed E-state index contributed by atoms with van der Waals surface area (Å²) in [5, 5.41) is 27.1. The highest BCUT2D eigenvalue weighted by atomic mass is 32.2. The average molecular weight is 597 g/mol.